The van der Waals surface area contributed by atoms with Gasteiger partial charge in [-0.05, 0) is 34.9 Å². The van der Waals surface area contributed by atoms with E-state index in [4.69, 9.17) is 9.92 Å². The van der Waals surface area contributed by atoms with Crippen molar-refractivity contribution < 1.29 is 17.4 Å². The van der Waals surface area contributed by atoms with Gasteiger partial charge in [-0.15, -0.1) is 0 Å². The van der Waals surface area contributed by atoms with E-state index in [0.717, 1.165) is 0 Å². The van der Waals surface area contributed by atoms with Crippen LogP contribution in [0.3, 0.4) is 0 Å². The van der Waals surface area contributed by atoms with E-state index in [1.807, 2.05) is 0 Å². The second-order valence-corrected chi connectivity index (χ2v) is 5.52. The van der Waals surface area contributed by atoms with Crippen LogP contribution in [-0.4, -0.2) is 38.7 Å². The van der Waals surface area contributed by atoms with Crippen LogP contribution in [0, 0.1) is 0 Å². The third kappa shape index (κ3) is 3.82. The summed E-state index contributed by atoms with van der Waals surface area (Å²) in [5.74, 6) is -0.702. The first-order chi connectivity index (χ1) is 7.09. The molecule has 7 heteroatoms. The number of nitrogens with zero attached hydrogens (tertiary/aromatic N) is 1. The molecule has 6 nitrogen and oxygen atoms in total. The highest BCUT2D eigenvalue weighted by atomic mass is 32.2. The minimum absolute atomic E-state index is 0.00111. The van der Waals surface area contributed by atoms with Crippen LogP contribution in [0.2, 0.25) is 0 Å². The van der Waals surface area contributed by atoms with Crippen molar-refractivity contribution in [2.24, 2.45) is 5.73 Å². The van der Waals surface area contributed by atoms with E-state index in [1.54, 1.807) is 14.1 Å². The Morgan fingerprint density at radius 1 is 1.31 bits per heavy atom. The Balaban J connectivity index is 5.01. The number of carbonyl (C=O) groups is 1. The number of primary amides is 1. The van der Waals surface area contributed by atoms with Crippen LogP contribution in [0.1, 0.15) is 20.8 Å². The lowest BCUT2D eigenvalue weighted by Gasteiger charge is -2.20. The van der Waals surface area contributed by atoms with E-state index in [1.165, 1.54) is 25.7 Å². The van der Waals surface area contributed by atoms with Crippen molar-refractivity contribution in [2.75, 3.05) is 14.1 Å². The highest BCUT2D eigenvalue weighted by Crippen LogP contribution is 2.14. The van der Waals surface area contributed by atoms with Gasteiger partial charge < -0.3 is 9.92 Å². The van der Waals surface area contributed by atoms with Crippen LogP contribution in [-0.2, 0) is 19.1 Å². The van der Waals surface area contributed by atoms with Crippen LogP contribution >= 0.6 is 0 Å². The monoisotopic (exact) mass is 250 g/mol. The maximum absolute atomic E-state index is 11.7. The number of amides is 1. The minimum Gasteiger partial charge on any atom is -0.386 e. The molecule has 16 heavy (non-hydrogen) atoms. The van der Waals surface area contributed by atoms with E-state index in [-0.39, 0.29) is 11.3 Å². The molecule has 0 heterocycles. The van der Waals surface area contributed by atoms with Gasteiger partial charge in [-0.2, -0.15) is 8.42 Å². The summed E-state index contributed by atoms with van der Waals surface area (Å²) in [6.07, 6.45) is 0. The first-order valence-electron chi connectivity index (χ1n) is 4.66. The number of carbonyl (C=O) groups excluding carboxylic acids is 1. The largest absolute Gasteiger partial charge is 0.386 e. The van der Waals surface area contributed by atoms with E-state index in [9.17, 15) is 13.2 Å². The Labute approximate surface area is 96.2 Å². The predicted molar refractivity (Wildman–Crippen MR) is 60.7 cm³/mol. The topological polar surface area (TPSA) is 89.7 Å². The fourth-order valence-corrected chi connectivity index (χ4v) is 1.87. The highest BCUT2D eigenvalue weighted by molar-refractivity contribution is 7.87. The average molecular weight is 250 g/mol. The quantitative estimate of drug-likeness (QED) is 0.422. The molecule has 0 radical (unpaired) electrons. The van der Waals surface area contributed by atoms with Gasteiger partial charge in [-0.3, -0.25) is 9.69 Å². The Hall–Kier alpha value is -1.08. The van der Waals surface area contributed by atoms with Gasteiger partial charge in [-0.1, -0.05) is 0 Å². The van der Waals surface area contributed by atoms with Gasteiger partial charge >= 0.3 is 10.1 Å². The summed E-state index contributed by atoms with van der Waals surface area (Å²) in [4.78, 5) is 12.3. The lowest BCUT2D eigenvalue weighted by molar-refractivity contribution is -0.114. The fourth-order valence-electron chi connectivity index (χ4n) is 0.738. The summed E-state index contributed by atoms with van der Waals surface area (Å²) in [5.41, 5.74) is 5.10. The van der Waals surface area contributed by atoms with Gasteiger partial charge in [0.2, 0.25) is 5.91 Å². The number of hydrogen-bond donors (Lipinski definition) is 1. The first-order valence-corrected chi connectivity index (χ1v) is 6.13. The fraction of sp³-hybridized carbons (Fsp3) is 0.667. The Morgan fingerprint density at radius 2 is 1.75 bits per heavy atom. The summed E-state index contributed by atoms with van der Waals surface area (Å²) in [7, 11) is -0.544. The van der Waals surface area contributed by atoms with E-state index < -0.39 is 21.4 Å². The van der Waals surface area contributed by atoms with Crippen LogP contribution in [0.4, 0.5) is 0 Å². The van der Waals surface area contributed by atoms with E-state index in [0.29, 0.717) is 0 Å². The van der Waals surface area contributed by atoms with Crippen molar-refractivity contribution in [3.63, 3.8) is 0 Å². The minimum atomic E-state index is -3.78. The van der Waals surface area contributed by atoms with Crippen molar-refractivity contribution in [1.82, 2.24) is 4.90 Å². The third-order valence-corrected chi connectivity index (χ3v) is 4.02. The molecule has 0 spiro atoms. The van der Waals surface area contributed by atoms with Gasteiger partial charge in [0, 0.05) is 0 Å². The van der Waals surface area contributed by atoms with Gasteiger partial charge in [0.25, 0.3) is 0 Å². The molecule has 0 bridgehead atoms. The van der Waals surface area contributed by atoms with Crippen molar-refractivity contribution in [2.45, 2.75) is 26.1 Å². The lowest BCUT2D eigenvalue weighted by atomic mass is 10.2. The molecule has 1 atom stereocenters. The first kappa shape index (κ1) is 14.9. The lowest BCUT2D eigenvalue weighted by Crippen LogP contribution is -2.34. The van der Waals surface area contributed by atoms with Crippen molar-refractivity contribution in [1.29, 1.82) is 0 Å². The molecule has 0 aliphatic heterocycles. The molecule has 1 amide bonds. The molecule has 0 aromatic carbocycles. The molecule has 0 aromatic heterocycles. The third-order valence-electron chi connectivity index (χ3n) is 2.28. The highest BCUT2D eigenvalue weighted by Gasteiger charge is 2.25. The Kier molecular flexibility index (Phi) is 4.95. The van der Waals surface area contributed by atoms with Crippen LogP contribution in [0.25, 0.3) is 0 Å². The molecule has 0 rings (SSSR count). The number of rotatable bonds is 5. The number of allylic oxidation sites excluding steroid dienone is 1. The van der Waals surface area contributed by atoms with Crippen molar-refractivity contribution in [3.8, 4) is 0 Å². The molecule has 0 aliphatic carbocycles. The van der Waals surface area contributed by atoms with Crippen LogP contribution in [0.5, 0.6) is 0 Å². The molecule has 2 N–H and O–H groups in total. The maximum atomic E-state index is 11.7. The average Bonchev–Trinajstić information content (AvgIpc) is 2.14. The summed E-state index contributed by atoms with van der Waals surface area (Å²) in [6.45, 7) is 4.29. The second kappa shape index (κ2) is 5.31. The Morgan fingerprint density at radius 3 is 2.06 bits per heavy atom. The standard InChI is InChI=1S/C9H18N2O4S/c1-6(9(10)12)7(2)15-16(13,14)8(3)11(4)5/h8H,1-5H3,(H2,10,12)/b7-6+. The van der Waals surface area contributed by atoms with Gasteiger partial charge in [0.1, 0.15) is 11.1 Å². The van der Waals surface area contributed by atoms with Gasteiger partial charge in [-0.25, -0.2) is 0 Å². The van der Waals surface area contributed by atoms with Crippen molar-refractivity contribution >= 4 is 16.0 Å². The number of nitrogens with two attached hydrogens (primary N) is 1. The van der Waals surface area contributed by atoms with Crippen LogP contribution < -0.4 is 5.73 Å². The SMILES string of the molecule is C/C(OS(=O)(=O)C(C)N(C)C)=C(/C)C(N)=O. The molecule has 94 valence electrons. The summed E-state index contributed by atoms with van der Waals surface area (Å²) < 4.78 is 28.1. The molecule has 0 fully saturated rings. The zero-order chi connectivity index (χ0) is 13.1. The molecular formula is C9H18N2O4S. The summed E-state index contributed by atoms with van der Waals surface area (Å²) >= 11 is 0. The summed E-state index contributed by atoms with van der Waals surface area (Å²) in [6, 6.07) is 0. The molecule has 0 saturated carbocycles. The van der Waals surface area contributed by atoms with Gasteiger partial charge in [0.15, 0.2) is 0 Å². The maximum Gasteiger partial charge on any atom is 0.325 e. The molecule has 1 unspecified atom stereocenters. The van der Waals surface area contributed by atoms with E-state index in [2.05, 4.69) is 0 Å². The predicted octanol–water partition coefficient (Wildman–Crippen LogP) is 0.0196. The van der Waals surface area contributed by atoms with Gasteiger partial charge in [0.05, 0.1) is 5.57 Å². The molecule has 0 saturated heterocycles. The summed E-state index contributed by atoms with van der Waals surface area (Å²) in [5, 5.41) is -0.803. The molecular weight excluding hydrogens is 232 g/mol. The zero-order valence-electron chi connectivity index (χ0n) is 10.1. The smallest absolute Gasteiger partial charge is 0.325 e. The number of hydrogen-bond acceptors (Lipinski definition) is 5. The van der Waals surface area contributed by atoms with E-state index >= 15 is 0 Å². The molecule has 0 aromatic rings. The Bertz CT molecular complexity index is 398. The molecule has 0 aliphatic rings. The van der Waals surface area contributed by atoms with Crippen molar-refractivity contribution in [3.05, 3.63) is 11.3 Å². The normalized spacial score (nSPS) is 15.6. The zero-order valence-corrected chi connectivity index (χ0v) is 11.0. The van der Waals surface area contributed by atoms with Crippen LogP contribution in [0.15, 0.2) is 11.3 Å². The second-order valence-electron chi connectivity index (χ2n) is 3.68.